The summed E-state index contributed by atoms with van der Waals surface area (Å²) in [7, 11) is 2.02. The largest absolute Gasteiger partial charge is 0.314 e. The lowest BCUT2D eigenvalue weighted by Gasteiger charge is -2.26. The maximum absolute atomic E-state index is 4.67. The van der Waals surface area contributed by atoms with Crippen LogP contribution in [0.3, 0.4) is 0 Å². The zero-order valence-electron chi connectivity index (χ0n) is 10.5. The number of piperazine rings is 1. The number of hydrogen-bond acceptors (Lipinski definition) is 4. The molecule has 1 aliphatic heterocycles. The van der Waals surface area contributed by atoms with Crippen LogP contribution in [-0.2, 0) is 13.5 Å². The van der Waals surface area contributed by atoms with Crippen molar-refractivity contribution >= 4 is 0 Å². The van der Waals surface area contributed by atoms with E-state index in [1.165, 1.54) is 12.8 Å². The molecule has 2 fully saturated rings. The van der Waals surface area contributed by atoms with Gasteiger partial charge in [-0.25, -0.2) is 4.98 Å². The number of rotatable bonds is 4. The highest BCUT2D eigenvalue weighted by Crippen LogP contribution is 2.37. The summed E-state index contributed by atoms with van der Waals surface area (Å²) in [6, 6.07) is 0. The van der Waals surface area contributed by atoms with Crippen molar-refractivity contribution in [2.75, 3.05) is 32.7 Å². The van der Waals surface area contributed by atoms with Crippen LogP contribution in [0.15, 0.2) is 0 Å². The highest BCUT2D eigenvalue weighted by molar-refractivity contribution is 5.06. The first-order valence-corrected chi connectivity index (χ1v) is 6.66. The first-order chi connectivity index (χ1) is 8.33. The Kier molecular flexibility index (Phi) is 3.11. The molecule has 1 aromatic heterocycles. The minimum Gasteiger partial charge on any atom is -0.314 e. The fourth-order valence-corrected chi connectivity index (χ4v) is 2.36. The monoisotopic (exact) mass is 235 g/mol. The summed E-state index contributed by atoms with van der Waals surface area (Å²) >= 11 is 0. The molecule has 2 aliphatic rings. The molecule has 5 nitrogen and oxygen atoms in total. The van der Waals surface area contributed by atoms with Crippen LogP contribution in [0.4, 0.5) is 0 Å². The second kappa shape index (κ2) is 4.74. The van der Waals surface area contributed by atoms with Crippen LogP contribution in [0, 0.1) is 0 Å². The fourth-order valence-electron chi connectivity index (χ4n) is 2.36. The Morgan fingerprint density at radius 3 is 2.76 bits per heavy atom. The van der Waals surface area contributed by atoms with Crippen molar-refractivity contribution in [1.82, 2.24) is 25.0 Å². The molecular weight excluding hydrogens is 214 g/mol. The van der Waals surface area contributed by atoms with Crippen molar-refractivity contribution < 1.29 is 0 Å². The zero-order valence-corrected chi connectivity index (χ0v) is 10.5. The van der Waals surface area contributed by atoms with Gasteiger partial charge in [-0.3, -0.25) is 4.68 Å². The van der Waals surface area contributed by atoms with E-state index in [1.807, 2.05) is 11.7 Å². The topological polar surface area (TPSA) is 46.0 Å². The van der Waals surface area contributed by atoms with Crippen molar-refractivity contribution in [3.8, 4) is 0 Å². The number of aromatic nitrogens is 3. The minimum absolute atomic E-state index is 0.661. The molecule has 1 aliphatic carbocycles. The van der Waals surface area contributed by atoms with Crippen LogP contribution in [0.5, 0.6) is 0 Å². The van der Waals surface area contributed by atoms with E-state index in [-0.39, 0.29) is 0 Å². The Morgan fingerprint density at radius 1 is 1.29 bits per heavy atom. The fraction of sp³-hybridized carbons (Fsp3) is 0.833. The van der Waals surface area contributed by atoms with Gasteiger partial charge in [-0.1, -0.05) is 0 Å². The predicted octanol–water partition coefficient (Wildman–Crippen LogP) is 0.140. The normalized spacial score (nSPS) is 21.9. The van der Waals surface area contributed by atoms with Crippen molar-refractivity contribution in [3.05, 3.63) is 11.6 Å². The van der Waals surface area contributed by atoms with E-state index < -0.39 is 0 Å². The molecular formula is C12H21N5. The number of aryl methyl sites for hydroxylation is 1. The van der Waals surface area contributed by atoms with Gasteiger partial charge >= 0.3 is 0 Å². The van der Waals surface area contributed by atoms with E-state index in [1.54, 1.807) is 0 Å². The third kappa shape index (κ3) is 2.66. The summed E-state index contributed by atoms with van der Waals surface area (Å²) < 4.78 is 1.97. The molecule has 0 bridgehead atoms. The van der Waals surface area contributed by atoms with Gasteiger partial charge in [0.1, 0.15) is 5.82 Å². The molecule has 2 heterocycles. The van der Waals surface area contributed by atoms with Crippen LogP contribution >= 0.6 is 0 Å². The van der Waals surface area contributed by atoms with Crippen LogP contribution < -0.4 is 5.32 Å². The molecule has 1 N–H and O–H groups in total. The number of nitrogens with zero attached hydrogens (tertiary/aromatic N) is 4. The van der Waals surface area contributed by atoms with E-state index in [0.29, 0.717) is 5.92 Å². The van der Waals surface area contributed by atoms with Gasteiger partial charge in [0, 0.05) is 52.1 Å². The van der Waals surface area contributed by atoms with Gasteiger partial charge < -0.3 is 10.2 Å². The van der Waals surface area contributed by atoms with Gasteiger partial charge in [0.25, 0.3) is 0 Å². The average Bonchev–Trinajstić information content (AvgIpc) is 3.13. The Hall–Kier alpha value is -0.940. The molecule has 0 atom stereocenters. The minimum atomic E-state index is 0.661. The van der Waals surface area contributed by atoms with Gasteiger partial charge in [-0.15, -0.1) is 0 Å². The molecule has 0 unspecified atom stereocenters. The van der Waals surface area contributed by atoms with Crippen molar-refractivity contribution in [3.63, 3.8) is 0 Å². The van der Waals surface area contributed by atoms with Gasteiger partial charge in [0.15, 0.2) is 5.82 Å². The summed E-state index contributed by atoms with van der Waals surface area (Å²) in [6.45, 7) is 5.66. The quantitative estimate of drug-likeness (QED) is 0.806. The Morgan fingerprint density at radius 2 is 2.06 bits per heavy atom. The van der Waals surface area contributed by atoms with Crippen molar-refractivity contribution in [2.45, 2.75) is 25.2 Å². The number of hydrogen-bond donors (Lipinski definition) is 1. The standard InChI is InChI=1S/C12H21N5/c1-16-11(14-12(15-16)10-2-3-10)4-7-17-8-5-13-6-9-17/h10,13H,2-9H2,1H3. The molecule has 0 aromatic carbocycles. The molecule has 3 rings (SSSR count). The van der Waals surface area contributed by atoms with Gasteiger partial charge in [-0.2, -0.15) is 5.10 Å². The lowest BCUT2D eigenvalue weighted by Crippen LogP contribution is -2.44. The maximum Gasteiger partial charge on any atom is 0.154 e. The van der Waals surface area contributed by atoms with Gasteiger partial charge in [-0.05, 0) is 12.8 Å². The van der Waals surface area contributed by atoms with E-state index in [2.05, 4.69) is 20.3 Å². The van der Waals surface area contributed by atoms with Crippen LogP contribution in [0.1, 0.15) is 30.4 Å². The molecule has 0 radical (unpaired) electrons. The summed E-state index contributed by atoms with van der Waals surface area (Å²) in [5.41, 5.74) is 0. The zero-order chi connectivity index (χ0) is 11.7. The third-order valence-corrected chi connectivity index (χ3v) is 3.67. The highest BCUT2D eigenvalue weighted by atomic mass is 15.3. The van der Waals surface area contributed by atoms with Crippen LogP contribution in [0.25, 0.3) is 0 Å². The summed E-state index contributed by atoms with van der Waals surface area (Å²) in [6.07, 6.45) is 3.58. The number of nitrogens with one attached hydrogen (secondary N) is 1. The lowest BCUT2D eigenvalue weighted by atomic mass is 10.3. The molecule has 94 valence electrons. The first-order valence-electron chi connectivity index (χ1n) is 6.66. The van der Waals surface area contributed by atoms with Crippen molar-refractivity contribution in [2.24, 2.45) is 7.05 Å². The molecule has 17 heavy (non-hydrogen) atoms. The molecule has 0 amide bonds. The smallest absolute Gasteiger partial charge is 0.154 e. The van der Waals surface area contributed by atoms with Crippen molar-refractivity contribution in [1.29, 1.82) is 0 Å². The van der Waals surface area contributed by atoms with E-state index in [0.717, 1.165) is 50.8 Å². The second-order valence-electron chi connectivity index (χ2n) is 5.13. The Balaban J connectivity index is 1.56. The molecule has 0 spiro atoms. The Labute approximate surface area is 102 Å². The van der Waals surface area contributed by atoms with E-state index >= 15 is 0 Å². The maximum atomic E-state index is 4.67. The van der Waals surface area contributed by atoms with E-state index in [4.69, 9.17) is 0 Å². The van der Waals surface area contributed by atoms with Crippen LogP contribution in [-0.4, -0.2) is 52.4 Å². The second-order valence-corrected chi connectivity index (χ2v) is 5.13. The molecule has 1 saturated heterocycles. The third-order valence-electron chi connectivity index (χ3n) is 3.67. The molecule has 5 heteroatoms. The first kappa shape index (κ1) is 11.2. The van der Waals surface area contributed by atoms with Crippen LogP contribution in [0.2, 0.25) is 0 Å². The predicted molar refractivity (Wildman–Crippen MR) is 66.0 cm³/mol. The summed E-state index contributed by atoms with van der Waals surface area (Å²) in [5, 5.41) is 7.89. The SMILES string of the molecule is Cn1nc(C2CC2)nc1CCN1CCNCC1. The molecule has 1 aromatic rings. The Bertz CT molecular complexity index is 376. The lowest BCUT2D eigenvalue weighted by molar-refractivity contribution is 0.241. The molecule has 1 saturated carbocycles. The summed E-state index contributed by atoms with van der Waals surface area (Å²) in [4.78, 5) is 7.17. The average molecular weight is 235 g/mol. The van der Waals surface area contributed by atoms with Gasteiger partial charge in [0.2, 0.25) is 0 Å². The highest BCUT2D eigenvalue weighted by Gasteiger charge is 2.28. The summed E-state index contributed by atoms with van der Waals surface area (Å²) in [5.74, 6) is 2.88. The van der Waals surface area contributed by atoms with Gasteiger partial charge in [0.05, 0.1) is 0 Å². The van der Waals surface area contributed by atoms with E-state index in [9.17, 15) is 0 Å².